The van der Waals surface area contributed by atoms with Gasteiger partial charge in [-0.2, -0.15) is 0 Å². The van der Waals surface area contributed by atoms with Crippen molar-refractivity contribution in [1.82, 2.24) is 15.5 Å². The number of halogens is 1. The predicted molar refractivity (Wildman–Crippen MR) is 135 cm³/mol. The van der Waals surface area contributed by atoms with Crippen LogP contribution in [0.4, 0.5) is 14.9 Å². The molecule has 202 valence electrons. The van der Waals surface area contributed by atoms with E-state index in [1.807, 2.05) is 18.2 Å². The zero-order valence-electron chi connectivity index (χ0n) is 21.3. The lowest BCUT2D eigenvalue weighted by Gasteiger charge is -2.36. The minimum Gasteiger partial charge on any atom is -0.446 e. The van der Waals surface area contributed by atoms with E-state index >= 15 is 4.39 Å². The summed E-state index contributed by atoms with van der Waals surface area (Å²) in [7, 11) is 1.77. The number of piperidine rings is 1. The van der Waals surface area contributed by atoms with Gasteiger partial charge in [-0.25, -0.2) is 9.18 Å². The van der Waals surface area contributed by atoms with Crippen LogP contribution in [0.5, 0.6) is 0 Å². The van der Waals surface area contributed by atoms with Crippen LogP contribution in [-0.4, -0.2) is 53.8 Å². The smallest absolute Gasteiger partial charge is 0.407 e. The Morgan fingerprint density at radius 3 is 2.69 bits per heavy atom. The third kappa shape index (κ3) is 4.31. The Morgan fingerprint density at radius 2 is 1.92 bits per heavy atom. The van der Waals surface area contributed by atoms with Gasteiger partial charge in [-0.15, -0.1) is 0 Å². The molecule has 0 bridgehead atoms. The molecule has 0 aromatic heterocycles. The minimum atomic E-state index is -0.831. The molecule has 1 atom stereocenters. The molecule has 0 spiro atoms. The topological polar surface area (TPSA) is 125 Å². The molecule has 5 amide bonds. The zero-order valence-corrected chi connectivity index (χ0v) is 21.3. The molecular formula is C28H27FN4O6. The van der Waals surface area contributed by atoms with Gasteiger partial charge in [-0.1, -0.05) is 30.3 Å². The Balaban J connectivity index is 1.04. The second-order valence-corrected chi connectivity index (χ2v) is 10.5. The molecule has 1 aliphatic carbocycles. The molecule has 1 saturated heterocycles. The number of hydrogen-bond acceptors (Lipinski definition) is 6. The molecule has 2 N–H and O–H groups in total. The van der Waals surface area contributed by atoms with Gasteiger partial charge in [-0.3, -0.25) is 24.5 Å². The van der Waals surface area contributed by atoms with Gasteiger partial charge in [0.2, 0.25) is 17.7 Å². The van der Waals surface area contributed by atoms with E-state index in [9.17, 15) is 24.0 Å². The van der Waals surface area contributed by atoms with E-state index in [2.05, 4.69) is 10.6 Å². The van der Waals surface area contributed by atoms with E-state index in [0.29, 0.717) is 24.8 Å². The van der Waals surface area contributed by atoms with Crippen LogP contribution < -0.4 is 15.5 Å². The third-order valence-electron chi connectivity index (χ3n) is 8.14. The monoisotopic (exact) mass is 534 g/mol. The van der Waals surface area contributed by atoms with Gasteiger partial charge in [0, 0.05) is 32.1 Å². The lowest BCUT2D eigenvalue weighted by Crippen LogP contribution is -2.52. The number of ether oxygens (including phenoxy) is 1. The quantitative estimate of drug-likeness (QED) is 0.567. The van der Waals surface area contributed by atoms with Crippen molar-refractivity contribution in [2.45, 2.75) is 63.3 Å². The molecule has 10 nitrogen and oxygen atoms in total. The molecule has 4 aliphatic rings. The molecule has 11 heteroatoms. The number of para-hydroxylation sites is 1. The molecule has 3 heterocycles. The van der Waals surface area contributed by atoms with E-state index in [4.69, 9.17) is 4.74 Å². The Morgan fingerprint density at radius 1 is 1.13 bits per heavy atom. The normalized spacial score (nSPS) is 23.8. The number of rotatable bonds is 5. The van der Waals surface area contributed by atoms with Crippen LogP contribution in [0.3, 0.4) is 0 Å². The number of nitrogens with zero attached hydrogens (tertiary/aromatic N) is 2. The van der Waals surface area contributed by atoms with Gasteiger partial charge in [0.1, 0.15) is 18.0 Å². The summed E-state index contributed by atoms with van der Waals surface area (Å²) in [6.07, 6.45) is 0.988. The fraction of sp³-hybridized carbons (Fsp3) is 0.393. The summed E-state index contributed by atoms with van der Waals surface area (Å²) in [5.74, 6) is -2.06. The summed E-state index contributed by atoms with van der Waals surface area (Å²) in [4.78, 5) is 64.1. The van der Waals surface area contributed by atoms with Crippen molar-refractivity contribution in [3.05, 3.63) is 64.0 Å². The number of fused-ring (bicyclic) bond motifs is 2. The summed E-state index contributed by atoms with van der Waals surface area (Å²) < 4.78 is 20.8. The average molecular weight is 535 g/mol. The predicted octanol–water partition coefficient (Wildman–Crippen LogP) is 2.28. The number of carbonyl (C=O) groups excluding carboxylic acids is 5. The number of benzene rings is 2. The maximum Gasteiger partial charge on any atom is 0.407 e. The first-order valence-corrected chi connectivity index (χ1v) is 13.0. The zero-order chi connectivity index (χ0) is 27.4. The molecule has 6 rings (SSSR count). The maximum atomic E-state index is 15.3. The third-order valence-corrected chi connectivity index (χ3v) is 8.14. The van der Waals surface area contributed by atoms with Crippen LogP contribution in [0.25, 0.3) is 0 Å². The van der Waals surface area contributed by atoms with E-state index in [1.165, 1.54) is 11.0 Å². The van der Waals surface area contributed by atoms with Gasteiger partial charge in [0.05, 0.1) is 17.7 Å². The van der Waals surface area contributed by atoms with Crippen LogP contribution in [0.2, 0.25) is 0 Å². The maximum absolute atomic E-state index is 15.3. The number of likely N-dealkylation sites (N-methyl/N-ethyl adjacent to an activating group) is 1. The Hall–Kier alpha value is -4.28. The van der Waals surface area contributed by atoms with Crippen molar-refractivity contribution >= 4 is 35.4 Å². The largest absolute Gasteiger partial charge is 0.446 e. The van der Waals surface area contributed by atoms with Crippen molar-refractivity contribution in [2.24, 2.45) is 0 Å². The van der Waals surface area contributed by atoms with Crippen molar-refractivity contribution in [3.63, 3.8) is 0 Å². The number of imide groups is 1. The number of nitrogens with one attached hydrogen (secondary N) is 2. The van der Waals surface area contributed by atoms with Crippen molar-refractivity contribution in [3.8, 4) is 0 Å². The minimum absolute atomic E-state index is 0.0631. The summed E-state index contributed by atoms with van der Waals surface area (Å²) >= 11 is 0. The standard InChI is InChI=1S/C28H27FN4O6/c1-32-22(35)11-14-3-2-4-19(25(14)32)17-9-18(10-17)39-28(38)30-12-15-5-6-16-13-33(27(37)23(16)24(15)29)20-7-8-21(34)31-26(20)36/h2-6,17-18,20H,7-13H2,1H3,(H,30,38)(H,31,34,36). The second-order valence-electron chi connectivity index (χ2n) is 10.5. The van der Waals surface area contributed by atoms with E-state index in [-0.39, 0.29) is 55.0 Å². The van der Waals surface area contributed by atoms with Gasteiger partial charge in [0.15, 0.2) is 0 Å². The van der Waals surface area contributed by atoms with Crippen molar-refractivity contribution in [1.29, 1.82) is 0 Å². The van der Waals surface area contributed by atoms with Crippen LogP contribution in [0, 0.1) is 5.82 Å². The van der Waals surface area contributed by atoms with Crippen LogP contribution in [-0.2, 0) is 38.6 Å². The van der Waals surface area contributed by atoms with Crippen molar-refractivity contribution < 1.29 is 33.1 Å². The van der Waals surface area contributed by atoms with Gasteiger partial charge in [-0.05, 0) is 41.9 Å². The summed E-state index contributed by atoms with van der Waals surface area (Å²) in [5, 5.41) is 4.78. The van der Waals surface area contributed by atoms with E-state index in [0.717, 1.165) is 16.8 Å². The molecule has 2 aromatic carbocycles. The highest BCUT2D eigenvalue weighted by atomic mass is 19.1. The Bertz CT molecular complexity index is 1440. The van der Waals surface area contributed by atoms with Crippen LogP contribution in [0.15, 0.2) is 30.3 Å². The van der Waals surface area contributed by atoms with Crippen LogP contribution in [0.1, 0.15) is 64.2 Å². The molecule has 1 unspecified atom stereocenters. The molecule has 0 radical (unpaired) electrons. The molecular weight excluding hydrogens is 507 g/mol. The molecule has 2 fully saturated rings. The highest BCUT2D eigenvalue weighted by Gasteiger charge is 2.41. The average Bonchev–Trinajstić information content (AvgIpc) is 3.36. The number of alkyl carbamates (subject to hydrolysis) is 1. The fourth-order valence-corrected chi connectivity index (χ4v) is 5.96. The first-order chi connectivity index (χ1) is 18.7. The van der Waals surface area contributed by atoms with Crippen molar-refractivity contribution in [2.75, 3.05) is 11.9 Å². The number of anilines is 1. The summed E-state index contributed by atoms with van der Waals surface area (Å²) in [6.45, 7) is -0.0938. The molecule has 2 aromatic rings. The molecule has 1 saturated carbocycles. The fourth-order valence-electron chi connectivity index (χ4n) is 5.96. The van der Waals surface area contributed by atoms with Gasteiger partial charge < -0.3 is 19.9 Å². The number of hydrogen-bond donors (Lipinski definition) is 2. The second kappa shape index (κ2) is 9.48. The summed E-state index contributed by atoms with van der Waals surface area (Å²) in [5.41, 5.74) is 3.51. The van der Waals surface area contributed by atoms with Crippen LogP contribution >= 0.6 is 0 Å². The summed E-state index contributed by atoms with van der Waals surface area (Å²) in [6, 6.07) is 8.19. The SMILES string of the molecule is CN1C(=O)Cc2cccc(C3CC(OC(=O)NCc4ccc5c(c4F)C(=O)N(C4CCC(=O)NC4=O)C5)C3)c21. The van der Waals surface area contributed by atoms with Gasteiger partial charge in [0.25, 0.3) is 5.91 Å². The van der Waals surface area contributed by atoms with E-state index < -0.39 is 35.7 Å². The Kier molecular flexibility index (Phi) is 6.08. The molecule has 3 aliphatic heterocycles. The highest BCUT2D eigenvalue weighted by Crippen LogP contribution is 2.45. The number of amides is 5. The Labute approximate surface area is 223 Å². The van der Waals surface area contributed by atoms with E-state index in [1.54, 1.807) is 18.0 Å². The number of carbonyl (C=O) groups is 5. The first kappa shape index (κ1) is 25.0. The first-order valence-electron chi connectivity index (χ1n) is 13.0. The lowest BCUT2D eigenvalue weighted by molar-refractivity contribution is -0.137. The molecule has 39 heavy (non-hydrogen) atoms. The van der Waals surface area contributed by atoms with Gasteiger partial charge >= 0.3 is 6.09 Å². The highest BCUT2D eigenvalue weighted by molar-refractivity contribution is 6.05. The lowest BCUT2D eigenvalue weighted by atomic mass is 9.76.